The summed E-state index contributed by atoms with van der Waals surface area (Å²) in [5.41, 5.74) is 1.63. The molecule has 0 amide bonds. The Morgan fingerprint density at radius 2 is 1.34 bits per heavy atom. The Labute approximate surface area is 199 Å². The SMILES string of the molecule is ClN1P(Cl)N=P(Cl)(Cl)N(Cl)P1Cl.Oc1ccc(C=Cc2cc(O)cc(O)c2)cc1. The predicted octanol–water partition coefficient (Wildman–Crippen LogP) is 9.24. The molecule has 0 aliphatic carbocycles. The summed E-state index contributed by atoms with van der Waals surface area (Å²) in [6.45, 7) is 0. The largest absolute Gasteiger partial charge is 0.508 e. The Morgan fingerprint density at radius 1 is 0.828 bits per heavy atom. The monoisotopic (exact) mass is 573 g/mol. The van der Waals surface area contributed by atoms with Gasteiger partial charge in [-0.05, 0) is 92.7 Å². The Bertz CT molecular complexity index is 910. The first-order valence-corrected chi connectivity index (χ1v) is 15.8. The normalized spacial score (nSPS) is 22.0. The highest BCUT2D eigenvalue weighted by molar-refractivity contribution is 8.18. The number of phenols is 3. The van der Waals surface area contributed by atoms with Crippen molar-refractivity contribution in [3.8, 4) is 17.2 Å². The van der Waals surface area contributed by atoms with Gasteiger partial charge in [0.1, 0.15) is 17.2 Å². The maximum Gasteiger partial charge on any atom is 0.231 e. The van der Waals surface area contributed by atoms with Gasteiger partial charge < -0.3 is 15.3 Å². The number of halogens is 6. The zero-order valence-electron chi connectivity index (χ0n) is 14.0. The molecule has 6 nitrogen and oxygen atoms in total. The van der Waals surface area contributed by atoms with Crippen LogP contribution in [0.4, 0.5) is 0 Å². The third-order valence-corrected chi connectivity index (χ3v) is 16.8. The van der Waals surface area contributed by atoms with Gasteiger partial charge >= 0.3 is 0 Å². The Morgan fingerprint density at radius 3 is 1.90 bits per heavy atom. The number of hydrogen-bond acceptors (Lipinski definition) is 6. The predicted molar refractivity (Wildman–Crippen MR) is 129 cm³/mol. The first kappa shape index (κ1) is 25.6. The zero-order chi connectivity index (χ0) is 21.8. The molecule has 2 aromatic rings. The number of phenolic OH excluding ortho intramolecular Hbond substituents is 3. The Kier molecular flexibility index (Phi) is 9.95. The summed E-state index contributed by atoms with van der Waals surface area (Å²) in [5.74, 6) is -2.47. The molecule has 1 aliphatic rings. The van der Waals surface area contributed by atoms with Crippen LogP contribution in [0.5, 0.6) is 17.2 Å². The summed E-state index contributed by atoms with van der Waals surface area (Å²) < 4.78 is 5.98. The second-order valence-electron chi connectivity index (χ2n) is 5.22. The maximum atomic E-state index is 9.30. The van der Waals surface area contributed by atoms with Crippen molar-refractivity contribution in [2.75, 3.05) is 0 Å². The van der Waals surface area contributed by atoms with Gasteiger partial charge in [0.25, 0.3) is 0 Å². The molecular formula is C14H12Cl6N3O3P3. The van der Waals surface area contributed by atoms with E-state index in [1.807, 2.05) is 6.08 Å². The van der Waals surface area contributed by atoms with E-state index in [1.165, 1.54) is 6.07 Å². The third kappa shape index (κ3) is 7.75. The topological polar surface area (TPSA) is 79.5 Å². The highest BCUT2D eigenvalue weighted by Gasteiger charge is 2.41. The van der Waals surface area contributed by atoms with Gasteiger partial charge in [0.05, 0.1) is 0 Å². The van der Waals surface area contributed by atoms with E-state index in [0.717, 1.165) is 13.5 Å². The highest BCUT2D eigenvalue weighted by atomic mass is 35.9. The molecule has 1 aliphatic heterocycles. The van der Waals surface area contributed by atoms with E-state index < -0.39 is 21.1 Å². The van der Waals surface area contributed by atoms with E-state index >= 15 is 0 Å². The number of nitrogens with zero attached hydrogens (tertiary/aromatic N) is 3. The van der Waals surface area contributed by atoms with E-state index in [-0.39, 0.29) is 17.2 Å². The van der Waals surface area contributed by atoms with E-state index in [4.69, 9.17) is 73.6 Å². The van der Waals surface area contributed by atoms with Crippen LogP contribution in [-0.4, -0.2) is 23.2 Å². The first-order chi connectivity index (χ1) is 13.5. The van der Waals surface area contributed by atoms with Gasteiger partial charge in [-0.1, -0.05) is 35.5 Å². The highest BCUT2D eigenvalue weighted by Crippen LogP contribution is 2.85. The van der Waals surface area contributed by atoms with Crippen LogP contribution in [0.25, 0.3) is 12.2 Å². The average Bonchev–Trinajstić information content (AvgIpc) is 2.64. The fraction of sp³-hybridized carbons (Fsp3) is 0. The summed E-state index contributed by atoms with van der Waals surface area (Å²) in [4.78, 5) is 0. The van der Waals surface area contributed by atoms with Gasteiger partial charge in [-0.25, -0.2) is 4.52 Å². The number of hydrogen-bond donors (Lipinski definition) is 3. The quantitative estimate of drug-likeness (QED) is 0.189. The van der Waals surface area contributed by atoms with Crippen molar-refractivity contribution in [2.24, 2.45) is 4.52 Å². The van der Waals surface area contributed by atoms with Gasteiger partial charge in [-0.2, -0.15) is 0 Å². The summed E-state index contributed by atoms with van der Waals surface area (Å²) in [7, 11) is -2.94. The van der Waals surface area contributed by atoms with E-state index in [1.54, 1.807) is 42.5 Å². The van der Waals surface area contributed by atoms with Crippen molar-refractivity contribution in [2.45, 2.75) is 0 Å². The summed E-state index contributed by atoms with van der Waals surface area (Å²) in [6, 6.07) is 11.1. The van der Waals surface area contributed by atoms with Crippen LogP contribution in [0.3, 0.4) is 0 Å². The summed E-state index contributed by atoms with van der Waals surface area (Å²) in [5, 5.41) is 27.7. The van der Waals surface area contributed by atoms with Gasteiger partial charge in [0.2, 0.25) is 13.5 Å². The van der Waals surface area contributed by atoms with Crippen LogP contribution in [0, 0.1) is 0 Å². The van der Waals surface area contributed by atoms with E-state index in [9.17, 15) is 10.2 Å². The van der Waals surface area contributed by atoms with Crippen LogP contribution in [-0.2, 0) is 0 Å². The Hall–Kier alpha value is 0.330. The van der Waals surface area contributed by atoms with E-state index in [0.29, 0.717) is 5.56 Å². The molecule has 0 spiro atoms. The minimum atomic E-state index is -2.74. The fourth-order valence-electron chi connectivity index (χ4n) is 1.86. The molecule has 0 aromatic heterocycles. The first-order valence-electron chi connectivity index (χ1n) is 7.35. The lowest BCUT2D eigenvalue weighted by atomic mass is 10.1. The molecule has 158 valence electrons. The van der Waals surface area contributed by atoms with Crippen LogP contribution in [0.15, 0.2) is 47.0 Å². The van der Waals surface area contributed by atoms with Crippen molar-refractivity contribution in [1.82, 2.24) is 7.92 Å². The fourth-order valence-corrected chi connectivity index (χ4v) is 13.8. The van der Waals surface area contributed by atoms with Crippen molar-refractivity contribution in [3.63, 3.8) is 0 Å². The second-order valence-corrected chi connectivity index (χ2v) is 16.8. The molecule has 0 fully saturated rings. The molecule has 0 bridgehead atoms. The van der Waals surface area contributed by atoms with Crippen LogP contribution in [0.2, 0.25) is 0 Å². The molecule has 2 atom stereocenters. The van der Waals surface area contributed by atoms with Gasteiger partial charge in [0, 0.05) is 6.07 Å². The molecule has 0 saturated heterocycles. The standard InChI is InChI=1S/C14H12O3.Cl6N3P3/c15-12-5-3-10(4-6-12)1-2-11-7-13(16)9-14(17)8-11;1-8-10(3)7-12(5,6)9(2)11(8)4/h1-9,15-17H;. The van der Waals surface area contributed by atoms with Crippen LogP contribution in [0.1, 0.15) is 11.1 Å². The van der Waals surface area contributed by atoms with Crippen LogP contribution < -0.4 is 0 Å². The smallest absolute Gasteiger partial charge is 0.231 e. The molecule has 1 heterocycles. The number of benzene rings is 2. The lowest BCUT2D eigenvalue weighted by Crippen LogP contribution is -2.05. The maximum absolute atomic E-state index is 9.30. The minimum absolute atomic E-state index is 0.0235. The Balaban J connectivity index is 0.000000221. The van der Waals surface area contributed by atoms with Crippen molar-refractivity contribution in [3.05, 3.63) is 53.6 Å². The molecule has 0 radical (unpaired) electrons. The molecule has 3 N–H and O–H groups in total. The van der Waals surface area contributed by atoms with Crippen LogP contribution >= 0.6 is 89.6 Å². The average molecular weight is 576 g/mol. The van der Waals surface area contributed by atoms with Gasteiger partial charge in [-0.3, -0.25) is 0 Å². The lowest BCUT2D eigenvalue weighted by Gasteiger charge is -2.33. The van der Waals surface area contributed by atoms with Crippen molar-refractivity contribution >= 4 is 102 Å². The lowest BCUT2D eigenvalue weighted by molar-refractivity contribution is 0.450. The molecule has 2 aromatic carbocycles. The van der Waals surface area contributed by atoms with Gasteiger partial charge in [-0.15, -0.1) is 7.92 Å². The molecule has 0 saturated carbocycles. The second kappa shape index (κ2) is 11.3. The zero-order valence-corrected chi connectivity index (χ0v) is 21.2. The minimum Gasteiger partial charge on any atom is -0.508 e. The summed E-state index contributed by atoms with van der Waals surface area (Å²) >= 11 is 34.3. The van der Waals surface area contributed by atoms with Crippen molar-refractivity contribution < 1.29 is 15.3 Å². The molecule has 29 heavy (non-hydrogen) atoms. The molecule has 3 rings (SSSR count). The number of aromatic hydroxyl groups is 3. The van der Waals surface area contributed by atoms with Gasteiger partial charge in [0.15, 0.2) is 7.58 Å². The molecule has 15 heteroatoms. The molecular weight excluding hydrogens is 564 g/mol. The third-order valence-electron chi connectivity index (χ3n) is 3.07. The molecule has 2 unspecified atom stereocenters. The number of rotatable bonds is 2. The summed E-state index contributed by atoms with van der Waals surface area (Å²) in [6.07, 6.45) is 3.60. The van der Waals surface area contributed by atoms with E-state index in [2.05, 4.69) is 4.52 Å². The van der Waals surface area contributed by atoms with Crippen molar-refractivity contribution in [1.29, 1.82) is 0 Å².